The van der Waals surface area contributed by atoms with Crippen molar-refractivity contribution in [1.29, 1.82) is 0 Å². The van der Waals surface area contributed by atoms with Gasteiger partial charge in [-0.1, -0.05) is 35.6 Å². The number of nitrogens with zero attached hydrogens (tertiary/aromatic N) is 1. The van der Waals surface area contributed by atoms with Gasteiger partial charge in [-0.15, -0.1) is 11.8 Å². The first-order chi connectivity index (χ1) is 11.6. The molecular weight excluding hydrogens is 336 g/mol. The lowest BCUT2D eigenvalue weighted by Crippen LogP contribution is -2.11. The van der Waals surface area contributed by atoms with Crippen LogP contribution in [0.3, 0.4) is 0 Å². The van der Waals surface area contributed by atoms with Crippen LogP contribution in [-0.4, -0.2) is 16.6 Å². The molecule has 0 saturated carbocycles. The lowest BCUT2D eigenvalue weighted by molar-refractivity contribution is -0.116. The number of fused-ring (bicyclic) bond motifs is 1. The van der Waals surface area contributed by atoms with Gasteiger partial charge in [0.25, 0.3) is 0 Å². The Hall–Kier alpha value is -1.85. The highest BCUT2D eigenvalue weighted by molar-refractivity contribution is 7.99. The number of thiazole rings is 1. The number of hydrogen-bond acceptors (Lipinski definition) is 4. The van der Waals surface area contributed by atoms with E-state index in [1.165, 1.54) is 10.5 Å². The van der Waals surface area contributed by atoms with Crippen LogP contribution in [0, 0.1) is 13.8 Å². The summed E-state index contributed by atoms with van der Waals surface area (Å²) in [4.78, 5) is 17.9. The monoisotopic (exact) mass is 356 g/mol. The van der Waals surface area contributed by atoms with Gasteiger partial charge in [0.05, 0.1) is 10.2 Å². The minimum Gasteiger partial charge on any atom is -0.302 e. The molecule has 24 heavy (non-hydrogen) atoms. The van der Waals surface area contributed by atoms with Gasteiger partial charge in [0, 0.05) is 11.3 Å². The van der Waals surface area contributed by atoms with E-state index in [4.69, 9.17) is 0 Å². The molecule has 0 aliphatic rings. The van der Waals surface area contributed by atoms with Crippen LogP contribution in [0.5, 0.6) is 0 Å². The summed E-state index contributed by atoms with van der Waals surface area (Å²) >= 11 is 3.32. The van der Waals surface area contributed by atoms with Crippen LogP contribution < -0.4 is 5.32 Å². The normalized spacial score (nSPS) is 10.9. The summed E-state index contributed by atoms with van der Waals surface area (Å²) in [5.41, 5.74) is 3.36. The van der Waals surface area contributed by atoms with Gasteiger partial charge in [-0.3, -0.25) is 4.79 Å². The first kappa shape index (κ1) is 17.0. The van der Waals surface area contributed by atoms with Crippen LogP contribution in [0.2, 0.25) is 0 Å². The molecule has 0 aliphatic carbocycles. The van der Waals surface area contributed by atoms with E-state index in [9.17, 15) is 4.79 Å². The predicted molar refractivity (Wildman–Crippen MR) is 104 cm³/mol. The van der Waals surface area contributed by atoms with Gasteiger partial charge < -0.3 is 5.32 Å². The largest absolute Gasteiger partial charge is 0.302 e. The predicted octanol–water partition coefficient (Wildman–Crippen LogP) is 5.42. The molecule has 3 rings (SSSR count). The van der Waals surface area contributed by atoms with E-state index in [2.05, 4.69) is 48.4 Å². The second kappa shape index (κ2) is 7.81. The first-order valence-electron chi connectivity index (χ1n) is 7.97. The van der Waals surface area contributed by atoms with Gasteiger partial charge in [0.15, 0.2) is 5.13 Å². The fourth-order valence-corrected chi connectivity index (χ4v) is 4.48. The maximum atomic E-state index is 12.1. The molecule has 0 saturated heterocycles. The van der Waals surface area contributed by atoms with Crippen LogP contribution in [0.1, 0.15) is 24.0 Å². The fourth-order valence-electron chi connectivity index (χ4n) is 2.55. The van der Waals surface area contributed by atoms with Gasteiger partial charge in [0.1, 0.15) is 0 Å². The molecule has 0 bridgehead atoms. The molecule has 0 radical (unpaired) electrons. The summed E-state index contributed by atoms with van der Waals surface area (Å²) in [5, 5.41) is 3.63. The third-order valence-corrected chi connectivity index (χ3v) is 5.65. The van der Waals surface area contributed by atoms with Crippen molar-refractivity contribution in [2.24, 2.45) is 0 Å². The molecule has 0 unspecified atom stereocenters. The molecule has 3 aromatic rings. The zero-order valence-electron chi connectivity index (χ0n) is 13.8. The first-order valence-corrected chi connectivity index (χ1v) is 9.77. The van der Waals surface area contributed by atoms with Gasteiger partial charge in [-0.2, -0.15) is 0 Å². The van der Waals surface area contributed by atoms with E-state index in [0.29, 0.717) is 11.6 Å². The van der Waals surface area contributed by atoms with Crippen molar-refractivity contribution < 1.29 is 4.79 Å². The Labute approximate surface area is 150 Å². The molecule has 0 fully saturated rings. The van der Waals surface area contributed by atoms with E-state index in [-0.39, 0.29) is 5.91 Å². The van der Waals surface area contributed by atoms with Crippen molar-refractivity contribution in [1.82, 2.24) is 4.98 Å². The fraction of sp³-hybridized carbons (Fsp3) is 0.263. The molecule has 0 spiro atoms. The van der Waals surface area contributed by atoms with Crippen molar-refractivity contribution in [2.45, 2.75) is 31.6 Å². The van der Waals surface area contributed by atoms with Gasteiger partial charge in [0.2, 0.25) is 5.91 Å². The second-order valence-electron chi connectivity index (χ2n) is 5.76. The Bertz CT molecular complexity index is 843. The maximum absolute atomic E-state index is 12.1. The molecule has 5 heteroatoms. The van der Waals surface area contributed by atoms with Crippen LogP contribution >= 0.6 is 23.1 Å². The zero-order chi connectivity index (χ0) is 16.9. The molecular formula is C19H20N2OS2. The number of carbonyl (C=O) groups excluding carboxylic acids is 1. The molecule has 1 heterocycles. The van der Waals surface area contributed by atoms with Crippen molar-refractivity contribution >= 4 is 44.4 Å². The third kappa shape index (κ3) is 4.36. The second-order valence-corrected chi connectivity index (χ2v) is 7.96. The summed E-state index contributed by atoms with van der Waals surface area (Å²) in [6.45, 7) is 4.14. The molecule has 2 aromatic carbocycles. The summed E-state index contributed by atoms with van der Waals surface area (Å²) in [7, 11) is 0. The number of nitrogens with one attached hydrogen (secondary N) is 1. The lowest BCUT2D eigenvalue weighted by atomic mass is 10.1. The zero-order valence-corrected chi connectivity index (χ0v) is 15.5. The smallest absolute Gasteiger partial charge is 0.226 e. The quantitative estimate of drug-likeness (QED) is 0.473. The van der Waals surface area contributed by atoms with E-state index in [1.807, 2.05) is 18.2 Å². The van der Waals surface area contributed by atoms with Crippen molar-refractivity contribution in [3.05, 3.63) is 53.6 Å². The number of benzene rings is 2. The van der Waals surface area contributed by atoms with Crippen LogP contribution in [0.25, 0.3) is 10.2 Å². The number of rotatable bonds is 6. The van der Waals surface area contributed by atoms with E-state index >= 15 is 0 Å². The summed E-state index contributed by atoms with van der Waals surface area (Å²) in [5.74, 6) is 0.979. The molecule has 3 nitrogen and oxygen atoms in total. The lowest BCUT2D eigenvalue weighted by Gasteiger charge is -2.02. The number of amides is 1. The highest BCUT2D eigenvalue weighted by atomic mass is 32.2. The maximum Gasteiger partial charge on any atom is 0.226 e. The Morgan fingerprint density at radius 2 is 2.00 bits per heavy atom. The number of aryl methyl sites for hydroxylation is 2. The average molecular weight is 357 g/mol. The van der Waals surface area contributed by atoms with Crippen LogP contribution in [0.4, 0.5) is 5.13 Å². The molecule has 0 atom stereocenters. The molecule has 0 aliphatic heterocycles. The Kier molecular flexibility index (Phi) is 5.53. The van der Waals surface area contributed by atoms with Gasteiger partial charge in [-0.05, 0) is 55.3 Å². The van der Waals surface area contributed by atoms with Gasteiger partial charge >= 0.3 is 0 Å². The molecule has 124 valence electrons. The number of anilines is 1. The van der Waals surface area contributed by atoms with Crippen LogP contribution in [-0.2, 0) is 4.79 Å². The Balaban J connectivity index is 1.51. The van der Waals surface area contributed by atoms with E-state index in [1.54, 1.807) is 23.1 Å². The summed E-state index contributed by atoms with van der Waals surface area (Å²) < 4.78 is 1.13. The van der Waals surface area contributed by atoms with E-state index < -0.39 is 0 Å². The Morgan fingerprint density at radius 1 is 1.21 bits per heavy atom. The average Bonchev–Trinajstić information content (AvgIpc) is 2.95. The minimum atomic E-state index is 0.0390. The number of carbonyl (C=O) groups is 1. The Morgan fingerprint density at radius 3 is 2.79 bits per heavy atom. The molecule has 1 aromatic heterocycles. The number of thioether (sulfide) groups is 1. The number of hydrogen-bond donors (Lipinski definition) is 1. The summed E-state index contributed by atoms with van der Waals surface area (Å²) in [6.07, 6.45) is 1.38. The van der Waals surface area contributed by atoms with Crippen molar-refractivity contribution in [3.8, 4) is 0 Å². The van der Waals surface area contributed by atoms with Crippen LogP contribution in [0.15, 0.2) is 47.4 Å². The molecule has 1 amide bonds. The van der Waals surface area contributed by atoms with Crippen molar-refractivity contribution in [2.75, 3.05) is 11.1 Å². The summed E-state index contributed by atoms with van der Waals surface area (Å²) in [6, 6.07) is 14.5. The third-order valence-electron chi connectivity index (χ3n) is 3.64. The standard InChI is InChI=1S/C19H20N2OS2/c1-13-11-14(2)18-16(12-13)24-19(21-18)20-17(22)9-6-10-23-15-7-4-3-5-8-15/h3-5,7-8,11-12H,6,9-10H2,1-2H3,(H,20,21,22). The van der Waals surface area contributed by atoms with Crippen molar-refractivity contribution in [3.63, 3.8) is 0 Å². The molecule has 1 N–H and O–H groups in total. The highest BCUT2D eigenvalue weighted by Gasteiger charge is 2.10. The minimum absolute atomic E-state index is 0.0390. The highest BCUT2D eigenvalue weighted by Crippen LogP contribution is 2.29. The number of aromatic nitrogens is 1. The van der Waals surface area contributed by atoms with Gasteiger partial charge in [-0.25, -0.2) is 4.98 Å². The SMILES string of the molecule is Cc1cc(C)c2nc(NC(=O)CCCSc3ccccc3)sc2c1. The topological polar surface area (TPSA) is 42.0 Å². The van der Waals surface area contributed by atoms with E-state index in [0.717, 1.165) is 28.0 Å².